The number of aliphatic hydroxyl groups is 1. The highest BCUT2D eigenvalue weighted by atomic mass is 35.5. The van der Waals surface area contributed by atoms with Gasteiger partial charge in [0.15, 0.2) is 11.6 Å². The predicted octanol–water partition coefficient (Wildman–Crippen LogP) is 5.47. The average Bonchev–Trinajstić information content (AvgIpc) is 3.92. The van der Waals surface area contributed by atoms with Gasteiger partial charge in [-0.1, -0.05) is 23.2 Å². The molecule has 13 heteroatoms. The second kappa shape index (κ2) is 11.6. The van der Waals surface area contributed by atoms with E-state index in [1.54, 1.807) is 13.0 Å². The lowest BCUT2D eigenvalue weighted by Gasteiger charge is -2.30. The van der Waals surface area contributed by atoms with E-state index in [0.717, 1.165) is 24.3 Å². The van der Waals surface area contributed by atoms with Crippen LogP contribution in [-0.2, 0) is 16.8 Å². The third-order valence-corrected chi connectivity index (χ3v) is 8.50. The number of hydrogen-bond donors (Lipinski definition) is 3. The van der Waals surface area contributed by atoms with E-state index in [2.05, 4.69) is 15.4 Å². The first-order valence-electron chi connectivity index (χ1n) is 14.3. The summed E-state index contributed by atoms with van der Waals surface area (Å²) < 4.78 is 36.2. The van der Waals surface area contributed by atoms with Crippen LogP contribution in [-0.4, -0.2) is 44.8 Å². The van der Waals surface area contributed by atoms with E-state index < -0.39 is 34.1 Å². The van der Waals surface area contributed by atoms with Crippen LogP contribution in [0.5, 0.6) is 5.75 Å². The Morgan fingerprint density at radius 3 is 2.52 bits per heavy atom. The summed E-state index contributed by atoms with van der Waals surface area (Å²) in [6.07, 6.45) is 4.98. The summed E-state index contributed by atoms with van der Waals surface area (Å²) in [5, 5.41) is 20.0. The number of fused-ring (bicyclic) bond motifs is 1. The molecule has 2 fully saturated rings. The second-order valence-electron chi connectivity index (χ2n) is 11.3. The Hall–Kier alpha value is -3.80. The number of ether oxygens (including phenoxy) is 1. The van der Waals surface area contributed by atoms with Gasteiger partial charge in [0, 0.05) is 28.3 Å². The normalized spacial score (nSPS) is 16.1. The molecule has 0 saturated heterocycles. The molecule has 0 unspecified atom stereocenters. The molecule has 2 saturated carbocycles. The lowest BCUT2D eigenvalue weighted by atomic mass is 9.90. The first-order valence-corrected chi connectivity index (χ1v) is 15.0. The molecule has 6 rings (SSSR count). The van der Waals surface area contributed by atoms with Gasteiger partial charge in [-0.05, 0) is 68.9 Å². The summed E-state index contributed by atoms with van der Waals surface area (Å²) in [5.74, 6) is -3.74. The molecule has 2 aromatic heterocycles. The highest BCUT2D eigenvalue weighted by molar-refractivity contribution is 6.35. The van der Waals surface area contributed by atoms with Gasteiger partial charge in [-0.3, -0.25) is 14.3 Å². The number of nitrogens with zero attached hydrogens (tertiary/aromatic N) is 3. The largest absolute Gasteiger partial charge is 0.491 e. The van der Waals surface area contributed by atoms with Crippen molar-refractivity contribution < 1.29 is 28.2 Å². The Balaban J connectivity index is 1.37. The molecule has 0 bridgehead atoms. The topological polar surface area (TPSA) is 132 Å². The summed E-state index contributed by atoms with van der Waals surface area (Å²) >= 11 is 12.4. The van der Waals surface area contributed by atoms with Crippen molar-refractivity contribution >= 4 is 45.9 Å². The fourth-order valence-corrected chi connectivity index (χ4v) is 5.88. The van der Waals surface area contributed by atoms with Crippen molar-refractivity contribution in [1.82, 2.24) is 20.1 Å². The van der Waals surface area contributed by atoms with Crippen LogP contribution in [0.1, 0.15) is 60.3 Å². The van der Waals surface area contributed by atoms with E-state index in [9.17, 15) is 23.5 Å². The molecule has 9 nitrogen and oxygen atoms in total. The summed E-state index contributed by atoms with van der Waals surface area (Å²) in [6, 6.07) is 7.17. The number of amides is 2. The van der Waals surface area contributed by atoms with Crippen molar-refractivity contribution in [2.24, 2.45) is 11.7 Å². The molecule has 4 aromatic rings. The van der Waals surface area contributed by atoms with Gasteiger partial charge >= 0.3 is 0 Å². The van der Waals surface area contributed by atoms with Gasteiger partial charge in [-0.25, -0.2) is 13.8 Å². The van der Waals surface area contributed by atoms with Crippen molar-refractivity contribution in [2.75, 3.05) is 13.2 Å². The molecule has 0 radical (unpaired) electrons. The van der Waals surface area contributed by atoms with Crippen LogP contribution in [0.25, 0.3) is 22.2 Å². The van der Waals surface area contributed by atoms with Crippen LogP contribution in [0, 0.1) is 17.6 Å². The minimum absolute atomic E-state index is 0.0386. The number of nitrogens with two attached hydrogens (primary N) is 1. The third kappa shape index (κ3) is 5.83. The molecule has 0 aliphatic heterocycles. The minimum atomic E-state index is -1.69. The Kier molecular flexibility index (Phi) is 7.98. The number of halogens is 4. The third-order valence-electron chi connectivity index (χ3n) is 7.94. The molecule has 2 aliphatic carbocycles. The summed E-state index contributed by atoms with van der Waals surface area (Å²) in [4.78, 5) is 30.1. The van der Waals surface area contributed by atoms with Gasteiger partial charge in [0.1, 0.15) is 22.6 Å². The van der Waals surface area contributed by atoms with E-state index in [-0.39, 0.29) is 53.8 Å². The number of carbonyl (C=O) groups is 2. The SMILES string of the molecule is CCOc1c(CC(N)=O)cc([C@@](O)(CNC(=O)c2cc(Cl)c3nn(C4CC4)cc3c2)C2CC2)nc1-c1cc(F)c(F)c(Cl)c1. The number of nitrogens with one attached hydrogen (secondary N) is 1. The molecule has 44 heavy (non-hydrogen) atoms. The number of rotatable bonds is 11. The zero-order valence-corrected chi connectivity index (χ0v) is 25.2. The van der Waals surface area contributed by atoms with Crippen LogP contribution in [0.3, 0.4) is 0 Å². The molecular weight excluding hydrogens is 615 g/mol. The molecule has 0 spiro atoms. The predicted molar refractivity (Wildman–Crippen MR) is 161 cm³/mol. The first-order chi connectivity index (χ1) is 21.0. The minimum Gasteiger partial charge on any atom is -0.491 e. The number of hydrogen-bond acceptors (Lipinski definition) is 6. The molecule has 1 atom stereocenters. The van der Waals surface area contributed by atoms with Crippen molar-refractivity contribution in [3.05, 3.63) is 75.0 Å². The summed E-state index contributed by atoms with van der Waals surface area (Å²) in [7, 11) is 0. The molecule has 4 N–H and O–H groups in total. The second-order valence-corrected chi connectivity index (χ2v) is 12.1. The van der Waals surface area contributed by atoms with Gasteiger partial charge in [0.05, 0.1) is 41.4 Å². The van der Waals surface area contributed by atoms with Crippen molar-refractivity contribution in [3.63, 3.8) is 0 Å². The standard InChI is InChI=1S/C31H29Cl2F2N5O4/c1-2-44-29-16(12-25(36)41)11-24(38-28(29)15-8-21(32)26(35)23(34)10-15)31(43,19-3-4-19)14-37-30(42)17-7-18-13-40(20-5-6-20)39-27(18)22(33)9-17/h7-11,13,19-20,43H,2-6,12,14H2,1H3,(H2,36,41)(H,37,42)/t31-/m1/s1. The maximum atomic E-state index is 14.5. The first kappa shape index (κ1) is 30.2. The van der Waals surface area contributed by atoms with Gasteiger partial charge in [0.25, 0.3) is 5.91 Å². The highest BCUT2D eigenvalue weighted by Crippen LogP contribution is 2.47. The van der Waals surface area contributed by atoms with Gasteiger partial charge in [-0.2, -0.15) is 5.10 Å². The maximum absolute atomic E-state index is 14.5. The Morgan fingerprint density at radius 1 is 1.14 bits per heavy atom. The van der Waals surface area contributed by atoms with Gasteiger partial charge in [0.2, 0.25) is 5.91 Å². The number of benzene rings is 2. The van der Waals surface area contributed by atoms with Crippen LogP contribution >= 0.6 is 23.2 Å². The average molecular weight is 645 g/mol. The number of primary amides is 1. The van der Waals surface area contributed by atoms with Crippen molar-refractivity contribution in [3.8, 4) is 17.0 Å². The van der Waals surface area contributed by atoms with Crippen molar-refractivity contribution in [1.29, 1.82) is 0 Å². The zero-order valence-electron chi connectivity index (χ0n) is 23.7. The van der Waals surface area contributed by atoms with E-state index in [1.807, 2.05) is 10.9 Å². The number of pyridine rings is 1. The van der Waals surface area contributed by atoms with Crippen LogP contribution in [0.4, 0.5) is 8.78 Å². The lowest BCUT2D eigenvalue weighted by molar-refractivity contribution is -0.117. The van der Waals surface area contributed by atoms with E-state index >= 15 is 0 Å². The Bertz CT molecular complexity index is 1780. The molecule has 2 aliphatic rings. The fourth-order valence-electron chi connectivity index (χ4n) is 5.41. The molecular formula is C31H29Cl2F2N5O4. The van der Waals surface area contributed by atoms with Gasteiger partial charge in [-0.15, -0.1) is 0 Å². The fraction of sp³-hybridized carbons (Fsp3) is 0.355. The van der Waals surface area contributed by atoms with Crippen LogP contribution in [0.15, 0.2) is 36.5 Å². The van der Waals surface area contributed by atoms with E-state index in [1.165, 1.54) is 18.2 Å². The molecule has 2 heterocycles. The highest BCUT2D eigenvalue weighted by Gasteiger charge is 2.47. The smallest absolute Gasteiger partial charge is 0.251 e. The lowest BCUT2D eigenvalue weighted by Crippen LogP contribution is -2.43. The van der Waals surface area contributed by atoms with Crippen LogP contribution < -0.4 is 15.8 Å². The van der Waals surface area contributed by atoms with Gasteiger partial charge < -0.3 is 20.9 Å². The Morgan fingerprint density at radius 2 is 1.89 bits per heavy atom. The summed E-state index contributed by atoms with van der Waals surface area (Å²) in [5.41, 5.74) is 5.25. The molecule has 2 amide bonds. The monoisotopic (exact) mass is 643 g/mol. The maximum Gasteiger partial charge on any atom is 0.251 e. The zero-order chi connectivity index (χ0) is 31.3. The van der Waals surface area contributed by atoms with E-state index in [4.69, 9.17) is 33.7 Å². The van der Waals surface area contributed by atoms with E-state index in [0.29, 0.717) is 35.0 Å². The quantitative estimate of drug-likeness (QED) is 0.186. The number of carbonyl (C=O) groups excluding carboxylic acids is 2. The molecule has 2 aromatic carbocycles. The van der Waals surface area contributed by atoms with Crippen molar-refractivity contribution in [2.45, 2.75) is 50.7 Å². The summed E-state index contributed by atoms with van der Waals surface area (Å²) in [6.45, 7) is 1.63. The van der Waals surface area contributed by atoms with Crippen LogP contribution in [0.2, 0.25) is 10.0 Å². The number of aromatic nitrogens is 3. The molecule has 230 valence electrons. The Labute approximate surface area is 261 Å².